The van der Waals surface area contributed by atoms with Crippen molar-refractivity contribution in [3.05, 3.63) is 119 Å². The average molecular weight is 1220 g/mol. The summed E-state index contributed by atoms with van der Waals surface area (Å²) in [6.07, 6.45) is 2.00. The van der Waals surface area contributed by atoms with Gasteiger partial charge in [0.1, 0.15) is 5.82 Å². The van der Waals surface area contributed by atoms with Gasteiger partial charge in [-0.3, -0.25) is 0 Å². The number of halogens is 6. The van der Waals surface area contributed by atoms with Crippen molar-refractivity contribution < 1.29 is 65.8 Å². The number of hydrogen-bond donors (Lipinski definition) is 8. The average Bonchev–Trinajstić information content (AvgIpc) is 2.40. The Balaban J connectivity index is 0.000000181. The first-order chi connectivity index (χ1) is 41.8. The lowest BCUT2D eigenvalue weighted by Crippen LogP contribution is -2.56. The molecule has 8 N–H and O–H groups in total. The number of rotatable bonds is 12. The number of hydrogen-bond acceptors (Lipinski definition) is 12. The van der Waals surface area contributed by atoms with Crippen LogP contribution < -0.4 is 20.4 Å². The third-order valence-corrected chi connectivity index (χ3v) is 18.8. The Bertz CT molecular complexity index is 3320. The molecule has 6 fully saturated rings. The molecule has 6 aromatic rings. The van der Waals surface area contributed by atoms with E-state index < -0.39 is 64.7 Å². The second-order valence-corrected chi connectivity index (χ2v) is 24.2. The zero-order valence-electron chi connectivity index (χ0n) is 48.6. The Morgan fingerprint density at radius 1 is 0.552 bits per heavy atom. The summed E-state index contributed by atoms with van der Waals surface area (Å²) in [5, 5.41) is 52.0. The molecular formula is C63H78F6N10O8. The number of likely N-dealkylation sites (tertiary alicyclic amines) is 4. The Kier molecular flexibility index (Phi) is 18.9. The molecule has 2 unspecified atom stereocenters. The van der Waals surface area contributed by atoms with Crippen molar-refractivity contribution in [3.63, 3.8) is 0 Å². The highest BCUT2D eigenvalue weighted by molar-refractivity contribution is 5.91. The molecule has 0 radical (unpaired) electrons. The lowest BCUT2D eigenvalue weighted by molar-refractivity contribution is -0.137. The molecule has 6 aliphatic rings. The van der Waals surface area contributed by atoms with Crippen LogP contribution in [-0.2, 0) is 15.7 Å². The molecule has 87 heavy (non-hydrogen) atoms. The second kappa shape index (κ2) is 26.6. The molecule has 2 aromatic heterocycles. The van der Waals surface area contributed by atoms with Crippen LogP contribution in [0.1, 0.15) is 79.9 Å². The van der Waals surface area contributed by atoms with Crippen molar-refractivity contribution in [3.8, 4) is 0 Å². The van der Waals surface area contributed by atoms with Crippen LogP contribution in [-0.4, -0.2) is 204 Å². The molecule has 0 spiro atoms. The number of nitrogens with zero attached hydrogens (tertiary/aromatic N) is 6. The number of benzene rings is 4. The first-order valence-corrected chi connectivity index (χ1v) is 30.4. The number of anilines is 4. The number of urea groups is 2. The topological polar surface area (TPSA) is 209 Å². The van der Waals surface area contributed by atoms with Gasteiger partial charge in [-0.15, -0.1) is 0 Å². The minimum absolute atomic E-state index is 0.0932. The van der Waals surface area contributed by atoms with E-state index in [9.17, 15) is 56.4 Å². The Morgan fingerprint density at radius 3 is 1.41 bits per heavy atom. The number of aromatic amines is 2. The van der Waals surface area contributed by atoms with Crippen LogP contribution >= 0.6 is 0 Å². The third kappa shape index (κ3) is 14.6. The Hall–Kier alpha value is -6.64. The maximum absolute atomic E-state index is 13.7. The summed E-state index contributed by atoms with van der Waals surface area (Å²) in [6.45, 7) is 11.1. The van der Waals surface area contributed by atoms with Crippen LogP contribution in [0, 0.1) is 17.5 Å². The highest BCUT2D eigenvalue weighted by Crippen LogP contribution is 2.39. The van der Waals surface area contributed by atoms with Gasteiger partial charge >= 0.3 is 18.2 Å². The monoisotopic (exact) mass is 1220 g/mol. The zero-order chi connectivity index (χ0) is 61.0. The van der Waals surface area contributed by atoms with Crippen molar-refractivity contribution in [1.29, 1.82) is 0 Å². The van der Waals surface area contributed by atoms with Crippen LogP contribution in [0.2, 0.25) is 0 Å². The van der Waals surface area contributed by atoms with Crippen LogP contribution in [0.25, 0.3) is 21.8 Å². The number of piperidine rings is 4. The summed E-state index contributed by atoms with van der Waals surface area (Å²) in [5.74, 6) is -2.33. The fourth-order valence-electron chi connectivity index (χ4n) is 13.3. The van der Waals surface area contributed by atoms with Crippen molar-refractivity contribution in [2.24, 2.45) is 0 Å². The van der Waals surface area contributed by atoms with E-state index in [2.05, 4.69) is 89.0 Å². The van der Waals surface area contributed by atoms with Crippen LogP contribution in [0.15, 0.2) is 85.2 Å². The number of fused-ring (bicyclic) bond motifs is 2. The number of aliphatic hydroxyl groups is 4. The van der Waals surface area contributed by atoms with E-state index in [-0.39, 0.29) is 63.2 Å². The van der Waals surface area contributed by atoms with Gasteiger partial charge in [0.05, 0.1) is 55.4 Å². The van der Waals surface area contributed by atoms with Crippen molar-refractivity contribution in [2.75, 3.05) is 138 Å². The van der Waals surface area contributed by atoms with Gasteiger partial charge in [-0.25, -0.2) is 22.8 Å². The number of β-amino-alcohol motifs (C(OH)–C–C–N with tert-alkyl or cyclic N) is 2. The quantitative estimate of drug-likeness (QED) is 0.0542. The normalized spacial score (nSPS) is 20.9. The molecule has 24 heteroatoms. The third-order valence-electron chi connectivity index (χ3n) is 18.8. The standard InChI is InChI=1S/C32H39F4N5O4.C31H39F2N5O4/c33-23-15-22(32(34,35)36)16-24(17-23)38-30(43)41-9-5-31(44,6-10-41)29(42)20-39-7-3-21(4-8-39)27-19-37-28-2-1-25(18-26(27)28)40-11-13-45-14-12-40;32-26-3-1-22(17-27(26)33)35-30(40)38-11-7-31(41,8-12-38)29(39)20-36-9-5-21(6-10-36)25-19-34-28-4-2-23(18-24(25)28)37-13-15-42-16-14-37/h1-2,15-19,21,29,37,42,44H,3-14,20H2,(H,38,43);1-4,17-19,21,29,34,39,41H,5-16,20H2,(H,35,40). The Labute approximate surface area is 501 Å². The second-order valence-electron chi connectivity index (χ2n) is 24.2. The number of ether oxygens (including phenoxy) is 2. The first-order valence-electron chi connectivity index (χ1n) is 30.4. The maximum atomic E-state index is 13.7. The van der Waals surface area contributed by atoms with E-state index in [1.165, 1.54) is 49.1 Å². The van der Waals surface area contributed by atoms with Gasteiger partial charge in [-0.2, -0.15) is 13.2 Å². The molecule has 0 bridgehead atoms. The van der Waals surface area contributed by atoms with Gasteiger partial charge < -0.3 is 79.9 Å². The number of morpholine rings is 2. The molecular weight excluding hydrogens is 1140 g/mol. The predicted molar refractivity (Wildman–Crippen MR) is 319 cm³/mol. The smallest absolute Gasteiger partial charge is 0.389 e. The minimum Gasteiger partial charge on any atom is -0.389 e. The fourth-order valence-corrected chi connectivity index (χ4v) is 13.3. The molecule has 0 aliphatic carbocycles. The van der Waals surface area contributed by atoms with E-state index in [1.54, 1.807) is 0 Å². The highest BCUT2D eigenvalue weighted by Gasteiger charge is 2.43. The number of aliphatic hydroxyl groups excluding tert-OH is 2. The van der Waals surface area contributed by atoms with E-state index in [0.717, 1.165) is 134 Å². The summed E-state index contributed by atoms with van der Waals surface area (Å²) in [4.78, 5) is 44.1. The number of amides is 4. The number of carbonyl (C=O) groups excluding carboxylic acids is 2. The highest BCUT2D eigenvalue weighted by atomic mass is 19.4. The molecule has 2 atom stereocenters. The molecule has 0 saturated carbocycles. The van der Waals surface area contributed by atoms with Crippen molar-refractivity contribution >= 4 is 56.6 Å². The fraction of sp³-hybridized carbons (Fsp3) is 0.524. The van der Waals surface area contributed by atoms with Gasteiger partial charge in [-0.05, 0) is 167 Å². The van der Waals surface area contributed by atoms with Crippen molar-refractivity contribution in [1.82, 2.24) is 29.6 Å². The lowest BCUT2D eigenvalue weighted by atomic mass is 9.84. The van der Waals surface area contributed by atoms with Gasteiger partial charge in [-0.1, -0.05) is 0 Å². The zero-order valence-corrected chi connectivity index (χ0v) is 48.6. The largest absolute Gasteiger partial charge is 0.416 e. The van der Waals surface area contributed by atoms with Gasteiger partial charge in [0.25, 0.3) is 0 Å². The lowest BCUT2D eigenvalue weighted by Gasteiger charge is -2.43. The molecule has 18 nitrogen and oxygen atoms in total. The molecule has 4 aromatic carbocycles. The molecule has 470 valence electrons. The number of alkyl halides is 3. The van der Waals surface area contributed by atoms with Gasteiger partial charge in [0.2, 0.25) is 0 Å². The molecule has 6 aliphatic heterocycles. The molecule has 6 saturated heterocycles. The molecule has 4 amide bonds. The van der Waals surface area contributed by atoms with E-state index in [1.807, 2.05) is 0 Å². The molecule has 8 heterocycles. The van der Waals surface area contributed by atoms with Gasteiger partial charge in [0.15, 0.2) is 11.6 Å². The summed E-state index contributed by atoms with van der Waals surface area (Å²) in [5.41, 5.74) is 3.31. The van der Waals surface area contributed by atoms with Crippen LogP contribution in [0.4, 0.5) is 58.7 Å². The number of aromatic nitrogens is 2. The minimum atomic E-state index is -4.75. The maximum Gasteiger partial charge on any atom is 0.416 e. The number of nitrogens with one attached hydrogen (secondary N) is 4. The SMILES string of the molecule is O=C(Nc1cc(F)cc(C(F)(F)F)c1)N1CCC(O)(C(O)CN2CCC(c3c[nH]c4ccc(N5CCOCC5)cc34)CC2)CC1.O=C(Nc1ccc(F)c(F)c1)N1CCC(O)(C(O)CN2CCC(c3c[nH]c4ccc(N5CCOCC5)cc34)CC2)CC1. The van der Waals surface area contributed by atoms with Crippen molar-refractivity contribution in [2.45, 2.75) is 92.8 Å². The summed E-state index contributed by atoms with van der Waals surface area (Å²) >= 11 is 0. The summed E-state index contributed by atoms with van der Waals surface area (Å²) in [7, 11) is 0. The van der Waals surface area contributed by atoms with E-state index in [4.69, 9.17) is 9.47 Å². The predicted octanol–water partition coefficient (Wildman–Crippen LogP) is 8.64. The van der Waals surface area contributed by atoms with E-state index >= 15 is 0 Å². The Morgan fingerprint density at radius 2 is 0.989 bits per heavy atom. The van der Waals surface area contributed by atoms with Crippen LogP contribution in [0.3, 0.4) is 0 Å². The van der Waals surface area contributed by atoms with Gasteiger partial charge in [0, 0.05) is 128 Å². The van der Waals surface area contributed by atoms with E-state index in [0.29, 0.717) is 37.1 Å². The summed E-state index contributed by atoms with van der Waals surface area (Å²) in [6, 6.07) is 17.1. The van der Waals surface area contributed by atoms with Crippen LogP contribution in [0.5, 0.6) is 0 Å². The molecule has 12 rings (SSSR count). The number of H-pyrrole nitrogens is 2. The first kappa shape index (κ1) is 62.0. The number of carbonyl (C=O) groups is 2. The summed E-state index contributed by atoms with van der Waals surface area (Å²) < 4.78 is 90.5.